The number of ether oxygens (including phenoxy) is 2. The predicted octanol–water partition coefficient (Wildman–Crippen LogP) is 4.70. The largest absolute Gasteiger partial charge is 0.493 e. The van der Waals surface area contributed by atoms with Crippen LogP contribution in [0.1, 0.15) is 23.7 Å². The zero-order valence-corrected chi connectivity index (χ0v) is 16.9. The summed E-state index contributed by atoms with van der Waals surface area (Å²) >= 11 is 6.47. The number of benzene rings is 2. The van der Waals surface area contributed by atoms with Crippen molar-refractivity contribution in [3.8, 4) is 22.8 Å². The number of H-pyrrole nitrogens is 1. The Balaban J connectivity index is 1.63. The summed E-state index contributed by atoms with van der Waals surface area (Å²) in [4.78, 5) is 2.45. The van der Waals surface area contributed by atoms with Gasteiger partial charge in [0.25, 0.3) is 0 Å². The maximum absolute atomic E-state index is 6.47. The van der Waals surface area contributed by atoms with Crippen LogP contribution in [0.15, 0.2) is 42.5 Å². The fourth-order valence-electron chi connectivity index (χ4n) is 3.71. The number of nitrogens with one attached hydrogen (secondary N) is 1. The first-order chi connectivity index (χ1) is 13.7. The van der Waals surface area contributed by atoms with E-state index in [1.54, 1.807) is 7.11 Å². The summed E-state index contributed by atoms with van der Waals surface area (Å²) in [5, 5.41) is 8.34. The molecule has 3 aromatic rings. The van der Waals surface area contributed by atoms with Gasteiger partial charge in [0.2, 0.25) is 0 Å². The molecule has 0 bridgehead atoms. The summed E-state index contributed by atoms with van der Waals surface area (Å²) in [5.41, 5.74) is 5.61. The number of hydrogen-bond donors (Lipinski definition) is 1. The molecule has 5 nitrogen and oxygen atoms in total. The third-order valence-corrected chi connectivity index (χ3v) is 5.33. The van der Waals surface area contributed by atoms with E-state index in [0.717, 1.165) is 37.3 Å². The number of aromatic nitrogens is 2. The Morgan fingerprint density at radius 1 is 1.21 bits per heavy atom. The van der Waals surface area contributed by atoms with Gasteiger partial charge < -0.3 is 9.47 Å². The molecule has 0 amide bonds. The van der Waals surface area contributed by atoms with Crippen molar-refractivity contribution in [1.29, 1.82) is 0 Å². The second-order valence-electron chi connectivity index (χ2n) is 6.90. The number of aromatic amines is 1. The average molecular weight is 398 g/mol. The van der Waals surface area contributed by atoms with Crippen LogP contribution in [0.2, 0.25) is 5.02 Å². The van der Waals surface area contributed by atoms with Gasteiger partial charge >= 0.3 is 0 Å². The topological polar surface area (TPSA) is 50.4 Å². The summed E-state index contributed by atoms with van der Waals surface area (Å²) in [6.07, 6.45) is 0.955. The molecule has 2 aromatic carbocycles. The van der Waals surface area contributed by atoms with E-state index in [1.165, 1.54) is 16.8 Å². The summed E-state index contributed by atoms with van der Waals surface area (Å²) in [6.45, 7) is 5.25. The van der Waals surface area contributed by atoms with Crippen molar-refractivity contribution < 1.29 is 9.47 Å². The summed E-state index contributed by atoms with van der Waals surface area (Å²) < 4.78 is 11.1. The molecular formula is C22H24ClN3O2. The monoisotopic (exact) mass is 397 g/mol. The molecule has 0 saturated carbocycles. The van der Waals surface area contributed by atoms with Gasteiger partial charge in [-0.15, -0.1) is 0 Å². The number of nitrogens with zero attached hydrogens (tertiary/aromatic N) is 2. The van der Waals surface area contributed by atoms with Crippen LogP contribution in [0, 0.1) is 0 Å². The van der Waals surface area contributed by atoms with Crippen molar-refractivity contribution in [3.63, 3.8) is 0 Å². The van der Waals surface area contributed by atoms with Crippen molar-refractivity contribution in [3.05, 3.63) is 64.3 Å². The molecule has 0 unspecified atom stereocenters. The molecule has 1 aliphatic rings. The summed E-state index contributed by atoms with van der Waals surface area (Å²) in [6, 6.07) is 14.4. The zero-order valence-electron chi connectivity index (χ0n) is 16.2. The lowest BCUT2D eigenvalue weighted by Gasteiger charge is -2.27. The van der Waals surface area contributed by atoms with E-state index < -0.39 is 0 Å². The Hall–Kier alpha value is -2.50. The average Bonchev–Trinajstić information content (AvgIpc) is 3.13. The Bertz CT molecular complexity index is 956. The van der Waals surface area contributed by atoms with E-state index in [4.69, 9.17) is 21.1 Å². The van der Waals surface area contributed by atoms with Crippen LogP contribution in [0.5, 0.6) is 11.5 Å². The highest BCUT2D eigenvalue weighted by atomic mass is 35.5. The van der Waals surface area contributed by atoms with Crippen LogP contribution in [0.4, 0.5) is 0 Å². The van der Waals surface area contributed by atoms with Crippen LogP contribution < -0.4 is 9.47 Å². The van der Waals surface area contributed by atoms with Crippen molar-refractivity contribution in [1.82, 2.24) is 15.1 Å². The molecule has 2 heterocycles. The van der Waals surface area contributed by atoms with Gasteiger partial charge in [0.15, 0.2) is 11.5 Å². The van der Waals surface area contributed by atoms with E-state index in [9.17, 15) is 0 Å². The van der Waals surface area contributed by atoms with Crippen LogP contribution >= 0.6 is 11.6 Å². The molecule has 28 heavy (non-hydrogen) atoms. The van der Waals surface area contributed by atoms with Gasteiger partial charge in [-0.1, -0.05) is 41.9 Å². The third-order valence-electron chi connectivity index (χ3n) is 5.05. The fraction of sp³-hybridized carbons (Fsp3) is 0.318. The Morgan fingerprint density at radius 2 is 2.04 bits per heavy atom. The predicted molar refractivity (Wildman–Crippen MR) is 111 cm³/mol. The maximum Gasteiger partial charge on any atom is 0.179 e. The van der Waals surface area contributed by atoms with Crippen molar-refractivity contribution in [2.45, 2.75) is 26.4 Å². The SMILES string of the molecule is CCOc1c(Cl)cc(-c2n[nH]c3c2CN(Cc2ccccc2)CC3)cc1OC. The molecule has 0 radical (unpaired) electrons. The lowest BCUT2D eigenvalue weighted by molar-refractivity contribution is 0.245. The van der Waals surface area contributed by atoms with E-state index in [0.29, 0.717) is 23.1 Å². The molecule has 1 aromatic heterocycles. The highest BCUT2D eigenvalue weighted by Crippen LogP contribution is 2.40. The lowest BCUT2D eigenvalue weighted by atomic mass is 10.00. The number of methoxy groups -OCH3 is 1. The molecule has 0 atom stereocenters. The van der Waals surface area contributed by atoms with E-state index in [-0.39, 0.29) is 0 Å². The number of hydrogen-bond acceptors (Lipinski definition) is 4. The van der Waals surface area contributed by atoms with Crippen LogP contribution in [0.3, 0.4) is 0 Å². The van der Waals surface area contributed by atoms with Gasteiger partial charge in [0.1, 0.15) is 0 Å². The smallest absolute Gasteiger partial charge is 0.179 e. The minimum atomic E-state index is 0.529. The number of fused-ring (bicyclic) bond motifs is 1. The molecule has 0 saturated heterocycles. The summed E-state index contributed by atoms with van der Waals surface area (Å²) in [5.74, 6) is 1.20. The molecule has 0 spiro atoms. The summed E-state index contributed by atoms with van der Waals surface area (Å²) in [7, 11) is 1.62. The maximum atomic E-state index is 6.47. The van der Waals surface area contributed by atoms with Gasteiger partial charge in [-0.2, -0.15) is 5.10 Å². The highest BCUT2D eigenvalue weighted by Gasteiger charge is 2.24. The van der Waals surface area contributed by atoms with E-state index in [1.807, 2.05) is 19.1 Å². The standard InChI is InChI=1S/C22H24ClN3O2/c1-3-28-22-18(23)11-16(12-20(22)27-2)21-17-14-26(10-9-19(17)24-25-21)13-15-7-5-4-6-8-15/h4-8,11-12H,3,9-10,13-14H2,1-2H3,(H,24,25). The van der Waals surface area contributed by atoms with Gasteiger partial charge in [-0.3, -0.25) is 10.00 Å². The normalized spacial score (nSPS) is 14.0. The lowest BCUT2D eigenvalue weighted by Crippen LogP contribution is -2.29. The second-order valence-corrected chi connectivity index (χ2v) is 7.31. The molecule has 1 N–H and O–H groups in total. The van der Waals surface area contributed by atoms with E-state index >= 15 is 0 Å². The Morgan fingerprint density at radius 3 is 2.79 bits per heavy atom. The van der Waals surface area contributed by atoms with Gasteiger partial charge in [-0.05, 0) is 24.6 Å². The molecular weight excluding hydrogens is 374 g/mol. The van der Waals surface area contributed by atoms with Gasteiger partial charge in [0.05, 0.1) is 24.4 Å². The van der Waals surface area contributed by atoms with Gasteiger partial charge in [0, 0.05) is 42.9 Å². The van der Waals surface area contributed by atoms with E-state index in [2.05, 4.69) is 45.4 Å². The van der Waals surface area contributed by atoms with Crippen molar-refractivity contribution in [2.75, 3.05) is 20.3 Å². The quantitative estimate of drug-likeness (QED) is 0.655. The van der Waals surface area contributed by atoms with Crippen molar-refractivity contribution in [2.24, 2.45) is 0 Å². The second kappa shape index (κ2) is 8.25. The molecule has 4 rings (SSSR count). The van der Waals surface area contributed by atoms with Crippen molar-refractivity contribution >= 4 is 11.6 Å². The first-order valence-corrected chi connectivity index (χ1v) is 9.90. The number of rotatable bonds is 6. The van der Waals surface area contributed by atoms with Gasteiger partial charge in [-0.25, -0.2) is 0 Å². The number of halogens is 1. The minimum absolute atomic E-state index is 0.529. The first-order valence-electron chi connectivity index (χ1n) is 9.52. The van der Waals surface area contributed by atoms with Crippen LogP contribution in [0.25, 0.3) is 11.3 Å². The Labute approximate surface area is 170 Å². The third kappa shape index (κ3) is 3.73. The highest BCUT2D eigenvalue weighted by molar-refractivity contribution is 6.32. The molecule has 0 aliphatic carbocycles. The fourth-order valence-corrected chi connectivity index (χ4v) is 3.97. The van der Waals surface area contributed by atoms with Crippen LogP contribution in [-0.2, 0) is 19.5 Å². The first kappa shape index (κ1) is 18.8. The minimum Gasteiger partial charge on any atom is -0.493 e. The molecule has 146 valence electrons. The molecule has 1 aliphatic heterocycles. The Kier molecular flexibility index (Phi) is 5.55. The zero-order chi connectivity index (χ0) is 19.5. The van der Waals surface area contributed by atoms with Crippen LogP contribution in [-0.4, -0.2) is 35.4 Å². The molecule has 6 heteroatoms. The molecule has 0 fully saturated rings.